The number of hydrogen-bond acceptors (Lipinski definition) is 5. The fraction of sp³-hybridized carbons (Fsp3) is 0.316. The highest BCUT2D eigenvalue weighted by Crippen LogP contribution is 2.51. The van der Waals surface area contributed by atoms with Gasteiger partial charge in [-0.25, -0.2) is 0 Å². The summed E-state index contributed by atoms with van der Waals surface area (Å²) in [5, 5.41) is 9.39. The van der Waals surface area contributed by atoms with Gasteiger partial charge in [-0.1, -0.05) is 12.1 Å². The molecule has 0 N–H and O–H groups in total. The van der Waals surface area contributed by atoms with Crippen molar-refractivity contribution in [3.63, 3.8) is 0 Å². The van der Waals surface area contributed by atoms with Crippen LogP contribution in [0.3, 0.4) is 0 Å². The predicted octanol–water partition coefficient (Wildman–Crippen LogP) is 2.83. The fourth-order valence-electron chi connectivity index (χ4n) is 3.20. The van der Waals surface area contributed by atoms with Crippen molar-refractivity contribution in [2.24, 2.45) is 5.92 Å². The number of nitriles is 1. The number of pyridine rings is 1. The minimum Gasteiger partial charge on any atom is -0.486 e. The minimum atomic E-state index is -0.793. The number of ketones is 1. The molecule has 120 valence electrons. The second-order valence-corrected chi connectivity index (χ2v) is 6.07. The van der Waals surface area contributed by atoms with E-state index in [2.05, 4.69) is 11.1 Å². The molecular weight excluding hydrogens is 304 g/mol. The molecule has 1 aromatic carbocycles. The first-order chi connectivity index (χ1) is 11.8. The number of carbonyl (C=O) groups excluding carboxylic acids is 1. The number of Topliss-reactive ketones (excluding diaryl/α,β-unsaturated/α-hetero) is 1. The summed E-state index contributed by atoms with van der Waals surface area (Å²) in [6.07, 6.45) is 2.38. The lowest BCUT2D eigenvalue weighted by molar-refractivity contribution is -0.120. The number of nitrogens with zero attached hydrogens (tertiary/aromatic N) is 2. The van der Waals surface area contributed by atoms with E-state index in [0.29, 0.717) is 18.9 Å². The molecule has 5 nitrogen and oxygen atoms in total. The molecule has 1 fully saturated rings. The Kier molecular flexibility index (Phi) is 3.66. The van der Waals surface area contributed by atoms with Crippen LogP contribution in [0.15, 0.2) is 42.6 Å². The summed E-state index contributed by atoms with van der Waals surface area (Å²) in [7, 11) is 0. The Bertz CT molecular complexity index is 813. The van der Waals surface area contributed by atoms with E-state index in [1.54, 1.807) is 24.4 Å². The normalized spacial score (nSPS) is 22.3. The van der Waals surface area contributed by atoms with E-state index in [1.165, 1.54) is 0 Å². The SMILES string of the molecule is N#CC(C(=O)C1CC1c1ccc2c(c1)OCCO2)c1ccccn1. The van der Waals surface area contributed by atoms with Gasteiger partial charge in [0.05, 0.1) is 11.8 Å². The Hall–Kier alpha value is -2.87. The molecule has 24 heavy (non-hydrogen) atoms. The average Bonchev–Trinajstić information content (AvgIpc) is 3.43. The van der Waals surface area contributed by atoms with Gasteiger partial charge in [-0.3, -0.25) is 9.78 Å². The molecule has 1 aliphatic carbocycles. The summed E-state index contributed by atoms with van der Waals surface area (Å²) in [4.78, 5) is 16.8. The smallest absolute Gasteiger partial charge is 0.161 e. The second kappa shape index (κ2) is 5.97. The molecule has 1 aromatic heterocycles. The molecule has 5 heteroatoms. The monoisotopic (exact) mass is 320 g/mol. The molecule has 3 unspecified atom stereocenters. The summed E-state index contributed by atoms with van der Waals surface area (Å²) in [6.45, 7) is 1.10. The van der Waals surface area contributed by atoms with E-state index >= 15 is 0 Å². The maximum atomic E-state index is 12.7. The summed E-state index contributed by atoms with van der Waals surface area (Å²) < 4.78 is 11.1. The molecule has 0 radical (unpaired) electrons. The Morgan fingerprint density at radius 3 is 2.79 bits per heavy atom. The lowest BCUT2D eigenvalue weighted by atomic mass is 9.95. The topological polar surface area (TPSA) is 72.2 Å². The molecule has 1 aliphatic heterocycles. The molecule has 2 aromatic rings. The number of benzene rings is 1. The fourth-order valence-corrected chi connectivity index (χ4v) is 3.20. The molecule has 2 aliphatic rings. The first kappa shape index (κ1) is 14.7. The highest BCUT2D eigenvalue weighted by molar-refractivity contribution is 5.93. The zero-order valence-corrected chi connectivity index (χ0v) is 13.0. The standard InChI is InChI=1S/C19H16N2O3/c20-11-15(16-3-1-2-6-21-16)19(22)14-10-13(14)12-4-5-17-18(9-12)24-8-7-23-17/h1-6,9,13-15H,7-8,10H2. The number of fused-ring (bicyclic) bond motifs is 1. The Balaban J connectivity index is 1.51. The van der Waals surface area contributed by atoms with Crippen LogP contribution in [0.5, 0.6) is 11.5 Å². The van der Waals surface area contributed by atoms with Gasteiger partial charge >= 0.3 is 0 Å². The summed E-state index contributed by atoms with van der Waals surface area (Å²) in [5.41, 5.74) is 1.59. The quantitative estimate of drug-likeness (QED) is 0.866. The number of aromatic nitrogens is 1. The van der Waals surface area contributed by atoms with Gasteiger partial charge < -0.3 is 9.47 Å². The average molecular weight is 320 g/mol. The first-order valence-corrected chi connectivity index (χ1v) is 8.02. The van der Waals surface area contributed by atoms with Crippen LogP contribution in [-0.4, -0.2) is 24.0 Å². The van der Waals surface area contributed by atoms with Crippen molar-refractivity contribution in [3.05, 3.63) is 53.9 Å². The van der Waals surface area contributed by atoms with E-state index in [0.717, 1.165) is 23.5 Å². The van der Waals surface area contributed by atoms with Crippen LogP contribution in [0.2, 0.25) is 0 Å². The van der Waals surface area contributed by atoms with Crippen LogP contribution < -0.4 is 9.47 Å². The molecule has 4 rings (SSSR count). The van der Waals surface area contributed by atoms with Gasteiger partial charge in [0.2, 0.25) is 0 Å². The highest BCUT2D eigenvalue weighted by Gasteiger charge is 2.47. The van der Waals surface area contributed by atoms with Gasteiger partial charge in [-0.2, -0.15) is 5.26 Å². The van der Waals surface area contributed by atoms with E-state index in [1.807, 2.05) is 18.2 Å². The number of rotatable bonds is 4. The Morgan fingerprint density at radius 1 is 1.21 bits per heavy atom. The predicted molar refractivity (Wildman–Crippen MR) is 85.9 cm³/mol. The van der Waals surface area contributed by atoms with E-state index < -0.39 is 5.92 Å². The minimum absolute atomic E-state index is 0.0453. The van der Waals surface area contributed by atoms with E-state index in [4.69, 9.17) is 9.47 Å². The molecular formula is C19H16N2O3. The van der Waals surface area contributed by atoms with Crippen LogP contribution >= 0.6 is 0 Å². The lowest BCUT2D eigenvalue weighted by Crippen LogP contribution is -2.16. The summed E-state index contributed by atoms with van der Waals surface area (Å²) >= 11 is 0. The summed E-state index contributed by atoms with van der Waals surface area (Å²) in [5.74, 6) is 0.664. The van der Waals surface area contributed by atoms with Gasteiger partial charge in [0.25, 0.3) is 0 Å². The van der Waals surface area contributed by atoms with Crippen LogP contribution in [0, 0.1) is 17.2 Å². The molecule has 2 heterocycles. The van der Waals surface area contributed by atoms with Crippen LogP contribution in [0.25, 0.3) is 0 Å². The lowest BCUT2D eigenvalue weighted by Gasteiger charge is -2.19. The van der Waals surface area contributed by atoms with Crippen LogP contribution in [0.4, 0.5) is 0 Å². The van der Waals surface area contributed by atoms with E-state index in [9.17, 15) is 10.1 Å². The van der Waals surface area contributed by atoms with Crippen molar-refractivity contribution in [2.45, 2.75) is 18.3 Å². The van der Waals surface area contributed by atoms with Gasteiger partial charge in [0, 0.05) is 12.1 Å². The number of hydrogen-bond donors (Lipinski definition) is 0. The molecule has 0 amide bonds. The Labute approximate surface area is 139 Å². The van der Waals surface area contributed by atoms with Crippen molar-refractivity contribution >= 4 is 5.78 Å². The zero-order valence-electron chi connectivity index (χ0n) is 13.0. The molecule has 0 spiro atoms. The van der Waals surface area contributed by atoms with Gasteiger partial charge in [0.15, 0.2) is 17.3 Å². The largest absolute Gasteiger partial charge is 0.486 e. The summed E-state index contributed by atoms with van der Waals surface area (Å²) in [6, 6.07) is 13.2. The first-order valence-electron chi connectivity index (χ1n) is 8.02. The van der Waals surface area contributed by atoms with Gasteiger partial charge in [-0.15, -0.1) is 0 Å². The molecule has 0 bridgehead atoms. The highest BCUT2D eigenvalue weighted by atomic mass is 16.6. The van der Waals surface area contributed by atoms with Crippen LogP contribution in [0.1, 0.15) is 29.5 Å². The van der Waals surface area contributed by atoms with Crippen molar-refractivity contribution in [1.82, 2.24) is 4.98 Å². The van der Waals surface area contributed by atoms with Crippen LogP contribution in [-0.2, 0) is 4.79 Å². The van der Waals surface area contributed by atoms with Gasteiger partial charge in [-0.05, 0) is 42.2 Å². The molecule has 3 atom stereocenters. The zero-order chi connectivity index (χ0) is 16.5. The maximum Gasteiger partial charge on any atom is 0.161 e. The molecule has 1 saturated carbocycles. The van der Waals surface area contributed by atoms with Crippen molar-refractivity contribution in [1.29, 1.82) is 5.26 Å². The third-order valence-corrected chi connectivity index (χ3v) is 4.55. The van der Waals surface area contributed by atoms with Gasteiger partial charge in [0.1, 0.15) is 19.1 Å². The second-order valence-electron chi connectivity index (χ2n) is 6.07. The van der Waals surface area contributed by atoms with Crippen molar-refractivity contribution < 1.29 is 14.3 Å². The molecule has 0 saturated heterocycles. The number of carbonyl (C=O) groups is 1. The Morgan fingerprint density at radius 2 is 2.04 bits per heavy atom. The third kappa shape index (κ3) is 2.61. The van der Waals surface area contributed by atoms with E-state index in [-0.39, 0.29) is 17.6 Å². The third-order valence-electron chi connectivity index (χ3n) is 4.55. The van der Waals surface area contributed by atoms with Crippen molar-refractivity contribution in [2.75, 3.05) is 13.2 Å². The maximum absolute atomic E-state index is 12.7. The van der Waals surface area contributed by atoms with Crippen molar-refractivity contribution in [3.8, 4) is 17.6 Å². The number of ether oxygens (including phenoxy) is 2.